The molecule has 2 saturated heterocycles. The summed E-state index contributed by atoms with van der Waals surface area (Å²) >= 11 is 0. The average Bonchev–Trinajstić information content (AvgIpc) is 3.05. The third kappa shape index (κ3) is 3.08. The topological polar surface area (TPSA) is 52.7 Å². The molecule has 1 aromatic rings. The molecule has 1 aromatic carbocycles. The zero-order chi connectivity index (χ0) is 14.7. The Morgan fingerprint density at radius 2 is 1.62 bits per heavy atom. The van der Waals surface area contributed by atoms with Gasteiger partial charge in [0.15, 0.2) is 0 Å². The molecule has 0 bridgehead atoms. The summed E-state index contributed by atoms with van der Waals surface area (Å²) in [5.74, 6) is -0.327. The van der Waals surface area contributed by atoms with E-state index < -0.39 is 0 Å². The van der Waals surface area contributed by atoms with Gasteiger partial charge in [0, 0.05) is 45.2 Å². The van der Waals surface area contributed by atoms with Gasteiger partial charge in [-0.15, -0.1) is 0 Å². The third-order valence-corrected chi connectivity index (χ3v) is 4.33. The van der Waals surface area contributed by atoms with Crippen LogP contribution in [0.5, 0.6) is 0 Å². The highest BCUT2D eigenvalue weighted by Crippen LogP contribution is 2.27. The Labute approximate surface area is 124 Å². The lowest BCUT2D eigenvalue weighted by Gasteiger charge is -2.28. The monoisotopic (exact) mass is 287 g/mol. The molecule has 2 aliphatic rings. The van der Waals surface area contributed by atoms with Crippen LogP contribution in [0.15, 0.2) is 30.3 Å². The lowest BCUT2D eigenvalue weighted by atomic mass is 9.99. The summed E-state index contributed by atoms with van der Waals surface area (Å²) in [6.07, 6.45) is 0.935. The zero-order valence-corrected chi connectivity index (χ0v) is 12.1. The predicted molar refractivity (Wildman–Crippen MR) is 79.8 cm³/mol. The second-order valence-electron chi connectivity index (χ2n) is 5.69. The van der Waals surface area contributed by atoms with Gasteiger partial charge in [0.2, 0.25) is 0 Å². The number of carbonyl (C=O) groups is 2. The molecule has 1 unspecified atom stereocenters. The Bertz CT molecular complexity index is 512. The van der Waals surface area contributed by atoms with E-state index in [1.807, 2.05) is 18.2 Å². The first-order chi connectivity index (χ1) is 10.3. The van der Waals surface area contributed by atoms with Crippen LogP contribution in [0.2, 0.25) is 0 Å². The molecule has 3 rings (SSSR count). The van der Waals surface area contributed by atoms with Crippen molar-refractivity contribution in [3.8, 4) is 0 Å². The summed E-state index contributed by atoms with van der Waals surface area (Å²) in [6.45, 7) is 4.12. The molecular weight excluding hydrogens is 266 g/mol. The van der Waals surface area contributed by atoms with E-state index >= 15 is 0 Å². The molecule has 1 atom stereocenters. The van der Waals surface area contributed by atoms with Crippen molar-refractivity contribution >= 4 is 11.8 Å². The first-order valence-corrected chi connectivity index (χ1v) is 7.59. The SMILES string of the molecule is O=C(C(=O)N1CCC(c2ccccc2)C1)N1CCNCC1. The van der Waals surface area contributed by atoms with Crippen molar-refractivity contribution in [1.82, 2.24) is 15.1 Å². The van der Waals surface area contributed by atoms with Crippen molar-refractivity contribution in [3.05, 3.63) is 35.9 Å². The minimum absolute atomic E-state index is 0.338. The minimum Gasteiger partial charge on any atom is -0.334 e. The molecule has 1 N–H and O–H groups in total. The summed E-state index contributed by atoms with van der Waals surface area (Å²) in [6, 6.07) is 10.2. The highest BCUT2D eigenvalue weighted by atomic mass is 16.2. The molecule has 0 saturated carbocycles. The largest absolute Gasteiger partial charge is 0.334 e. The molecule has 2 heterocycles. The number of amides is 2. The number of benzene rings is 1. The third-order valence-electron chi connectivity index (χ3n) is 4.33. The molecular formula is C16H21N3O2. The number of carbonyl (C=O) groups excluding carboxylic acids is 2. The van der Waals surface area contributed by atoms with Gasteiger partial charge in [0.1, 0.15) is 0 Å². The maximum atomic E-state index is 12.3. The van der Waals surface area contributed by atoms with E-state index in [-0.39, 0.29) is 11.8 Å². The first-order valence-electron chi connectivity index (χ1n) is 7.59. The van der Waals surface area contributed by atoms with Gasteiger partial charge in [-0.2, -0.15) is 0 Å². The molecule has 0 aromatic heterocycles. The van der Waals surface area contributed by atoms with Gasteiger partial charge in [-0.25, -0.2) is 0 Å². The maximum absolute atomic E-state index is 12.3. The lowest BCUT2D eigenvalue weighted by molar-refractivity contribution is -0.151. The van der Waals surface area contributed by atoms with Crippen molar-refractivity contribution in [2.45, 2.75) is 12.3 Å². The van der Waals surface area contributed by atoms with Crippen molar-refractivity contribution in [3.63, 3.8) is 0 Å². The molecule has 2 aliphatic heterocycles. The van der Waals surface area contributed by atoms with Gasteiger partial charge in [-0.05, 0) is 12.0 Å². The predicted octanol–water partition coefficient (Wildman–Crippen LogP) is 0.434. The molecule has 0 aliphatic carbocycles. The number of rotatable bonds is 1. The van der Waals surface area contributed by atoms with E-state index in [1.54, 1.807) is 9.80 Å². The van der Waals surface area contributed by atoms with Gasteiger partial charge in [0.05, 0.1) is 0 Å². The second-order valence-corrected chi connectivity index (χ2v) is 5.69. The van der Waals surface area contributed by atoms with Crippen LogP contribution in [0.4, 0.5) is 0 Å². The van der Waals surface area contributed by atoms with Gasteiger partial charge >= 0.3 is 11.8 Å². The van der Waals surface area contributed by atoms with E-state index in [4.69, 9.17) is 0 Å². The fraction of sp³-hybridized carbons (Fsp3) is 0.500. The Balaban J connectivity index is 1.60. The number of hydrogen-bond donors (Lipinski definition) is 1. The van der Waals surface area contributed by atoms with Crippen LogP contribution in [0.25, 0.3) is 0 Å². The van der Waals surface area contributed by atoms with Crippen LogP contribution in [0.1, 0.15) is 17.9 Å². The molecule has 112 valence electrons. The average molecular weight is 287 g/mol. The molecule has 5 heteroatoms. The summed E-state index contributed by atoms with van der Waals surface area (Å²) in [5.41, 5.74) is 1.25. The zero-order valence-electron chi connectivity index (χ0n) is 12.1. The molecule has 0 radical (unpaired) electrons. The highest BCUT2D eigenvalue weighted by molar-refractivity contribution is 6.35. The Morgan fingerprint density at radius 1 is 0.952 bits per heavy atom. The summed E-state index contributed by atoms with van der Waals surface area (Å²) in [5, 5.41) is 3.19. The molecule has 5 nitrogen and oxygen atoms in total. The maximum Gasteiger partial charge on any atom is 0.312 e. The lowest BCUT2D eigenvalue weighted by Crippen LogP contribution is -2.51. The standard InChI is InChI=1S/C16H21N3O2/c20-15(18-10-7-17-8-11-18)16(21)19-9-6-14(12-19)13-4-2-1-3-5-13/h1-5,14,17H,6-12H2. The molecule has 21 heavy (non-hydrogen) atoms. The fourth-order valence-corrected chi connectivity index (χ4v) is 3.08. The minimum atomic E-state index is -0.342. The van der Waals surface area contributed by atoms with Crippen LogP contribution in [-0.4, -0.2) is 60.9 Å². The molecule has 2 fully saturated rings. The van der Waals surface area contributed by atoms with Gasteiger partial charge in [-0.1, -0.05) is 30.3 Å². The van der Waals surface area contributed by atoms with E-state index in [0.29, 0.717) is 32.1 Å². The van der Waals surface area contributed by atoms with Crippen LogP contribution in [-0.2, 0) is 9.59 Å². The van der Waals surface area contributed by atoms with Crippen molar-refractivity contribution in [2.75, 3.05) is 39.3 Å². The summed E-state index contributed by atoms with van der Waals surface area (Å²) in [7, 11) is 0. The Morgan fingerprint density at radius 3 is 2.33 bits per heavy atom. The highest BCUT2D eigenvalue weighted by Gasteiger charge is 2.33. The van der Waals surface area contributed by atoms with E-state index in [0.717, 1.165) is 19.5 Å². The van der Waals surface area contributed by atoms with Crippen LogP contribution < -0.4 is 5.32 Å². The first kappa shape index (κ1) is 14.1. The van der Waals surface area contributed by atoms with Gasteiger partial charge in [0.25, 0.3) is 0 Å². The van der Waals surface area contributed by atoms with E-state index in [9.17, 15) is 9.59 Å². The van der Waals surface area contributed by atoms with Crippen LogP contribution in [0, 0.1) is 0 Å². The number of likely N-dealkylation sites (tertiary alicyclic amines) is 1. The molecule has 0 spiro atoms. The molecule has 2 amide bonds. The summed E-state index contributed by atoms with van der Waals surface area (Å²) in [4.78, 5) is 27.9. The van der Waals surface area contributed by atoms with E-state index in [1.165, 1.54) is 5.56 Å². The smallest absolute Gasteiger partial charge is 0.312 e. The van der Waals surface area contributed by atoms with Crippen molar-refractivity contribution < 1.29 is 9.59 Å². The normalized spacial score (nSPS) is 22.4. The van der Waals surface area contributed by atoms with E-state index in [2.05, 4.69) is 17.4 Å². The number of hydrogen-bond acceptors (Lipinski definition) is 3. The number of nitrogens with one attached hydrogen (secondary N) is 1. The fourth-order valence-electron chi connectivity index (χ4n) is 3.08. The van der Waals surface area contributed by atoms with Crippen LogP contribution >= 0.6 is 0 Å². The van der Waals surface area contributed by atoms with Crippen LogP contribution in [0.3, 0.4) is 0 Å². The van der Waals surface area contributed by atoms with Crippen molar-refractivity contribution in [2.24, 2.45) is 0 Å². The van der Waals surface area contributed by atoms with Gasteiger partial charge < -0.3 is 15.1 Å². The van der Waals surface area contributed by atoms with Crippen molar-refractivity contribution in [1.29, 1.82) is 0 Å². The van der Waals surface area contributed by atoms with Gasteiger partial charge in [-0.3, -0.25) is 9.59 Å². The Hall–Kier alpha value is -1.88. The summed E-state index contributed by atoms with van der Waals surface area (Å²) < 4.78 is 0. The number of piperazine rings is 1. The second kappa shape index (κ2) is 6.26. The Kier molecular flexibility index (Phi) is 4.20. The quantitative estimate of drug-likeness (QED) is 0.762. The number of nitrogens with zero attached hydrogens (tertiary/aromatic N) is 2.